The molecule has 0 radical (unpaired) electrons. The van der Waals surface area contributed by atoms with Gasteiger partial charge < -0.3 is 10.8 Å². The molecule has 0 fully saturated rings. The lowest BCUT2D eigenvalue weighted by Crippen LogP contribution is -2.11. The van der Waals surface area contributed by atoms with Crippen molar-refractivity contribution in [1.82, 2.24) is 0 Å². The van der Waals surface area contributed by atoms with E-state index in [2.05, 4.69) is 0 Å². The molecule has 1 aromatic carbocycles. The van der Waals surface area contributed by atoms with Crippen LogP contribution in [0.1, 0.15) is 22.0 Å². The molecule has 0 aliphatic heterocycles. The lowest BCUT2D eigenvalue weighted by molar-refractivity contribution is 0.423. The zero-order chi connectivity index (χ0) is 12.4. The first-order chi connectivity index (χ1) is 8.13. The zero-order valence-corrected chi connectivity index (χ0v) is 10.8. The van der Waals surface area contributed by atoms with Gasteiger partial charge in [-0.1, -0.05) is 6.07 Å². The van der Waals surface area contributed by atoms with Crippen molar-refractivity contribution in [2.45, 2.75) is 6.04 Å². The molecule has 0 amide bonds. The number of rotatable bonds is 2. The lowest BCUT2D eigenvalue weighted by Gasteiger charge is -2.12. The Kier molecular flexibility index (Phi) is 4.68. The van der Waals surface area contributed by atoms with E-state index in [0.717, 1.165) is 10.9 Å². The number of nitriles is 1. The van der Waals surface area contributed by atoms with Crippen LogP contribution in [0.15, 0.2) is 29.6 Å². The van der Waals surface area contributed by atoms with Crippen LogP contribution < -0.4 is 5.73 Å². The molecule has 1 aromatic heterocycles. The van der Waals surface area contributed by atoms with E-state index in [9.17, 15) is 9.50 Å². The van der Waals surface area contributed by atoms with E-state index < -0.39 is 17.6 Å². The first kappa shape index (κ1) is 14.5. The highest BCUT2D eigenvalue weighted by atomic mass is 35.5. The summed E-state index contributed by atoms with van der Waals surface area (Å²) in [5.41, 5.74) is 6.30. The maximum absolute atomic E-state index is 13.4. The third kappa shape index (κ3) is 2.62. The molecule has 94 valence electrons. The van der Waals surface area contributed by atoms with Crippen LogP contribution in [0.4, 0.5) is 4.39 Å². The summed E-state index contributed by atoms with van der Waals surface area (Å²) in [4.78, 5) is 0.801. The van der Waals surface area contributed by atoms with Crippen LogP contribution in [-0.2, 0) is 0 Å². The topological polar surface area (TPSA) is 70.0 Å². The van der Waals surface area contributed by atoms with E-state index in [1.165, 1.54) is 17.4 Å². The molecule has 3 N–H and O–H groups in total. The Balaban J connectivity index is 0.00000162. The van der Waals surface area contributed by atoms with Gasteiger partial charge in [-0.15, -0.1) is 23.7 Å². The third-order valence-corrected chi connectivity index (χ3v) is 3.36. The number of thiophene rings is 1. The fourth-order valence-electron chi connectivity index (χ4n) is 1.54. The van der Waals surface area contributed by atoms with Crippen LogP contribution in [0.2, 0.25) is 0 Å². The molecule has 2 rings (SSSR count). The van der Waals surface area contributed by atoms with E-state index in [0.29, 0.717) is 0 Å². The minimum absolute atomic E-state index is 0. The van der Waals surface area contributed by atoms with Crippen LogP contribution in [-0.4, -0.2) is 5.11 Å². The molecule has 0 aliphatic carbocycles. The summed E-state index contributed by atoms with van der Waals surface area (Å²) in [6.07, 6.45) is 0. The summed E-state index contributed by atoms with van der Waals surface area (Å²) >= 11 is 1.41. The molecule has 0 aliphatic rings. The standard InChI is InChI=1S/C12H9FN2OS.ClH/c13-9-5-7(6-14)4-8(12(9)16)11(15)10-2-1-3-17-10;/h1-5,11,16H,15H2;1H/t11-;/m1./s1. The molecule has 0 bridgehead atoms. The van der Waals surface area contributed by atoms with Crippen LogP contribution in [0.3, 0.4) is 0 Å². The highest BCUT2D eigenvalue weighted by Gasteiger charge is 2.18. The summed E-state index contributed by atoms with van der Waals surface area (Å²) in [5, 5.41) is 20.2. The van der Waals surface area contributed by atoms with Crippen LogP contribution in [0.5, 0.6) is 5.75 Å². The maximum Gasteiger partial charge on any atom is 0.166 e. The van der Waals surface area contributed by atoms with Crippen molar-refractivity contribution in [2.24, 2.45) is 5.73 Å². The van der Waals surface area contributed by atoms with Gasteiger partial charge in [-0.05, 0) is 23.6 Å². The first-order valence-electron chi connectivity index (χ1n) is 4.85. The van der Waals surface area contributed by atoms with Crippen molar-refractivity contribution in [3.8, 4) is 11.8 Å². The van der Waals surface area contributed by atoms with Gasteiger partial charge in [-0.2, -0.15) is 5.26 Å². The number of nitrogens with zero attached hydrogens (tertiary/aromatic N) is 1. The molecule has 2 aromatic rings. The van der Waals surface area contributed by atoms with Gasteiger partial charge in [0.15, 0.2) is 11.6 Å². The van der Waals surface area contributed by atoms with Gasteiger partial charge in [0.25, 0.3) is 0 Å². The zero-order valence-electron chi connectivity index (χ0n) is 9.13. The van der Waals surface area contributed by atoms with Crippen molar-refractivity contribution in [1.29, 1.82) is 5.26 Å². The molecular formula is C12H10ClFN2OS. The molecule has 3 nitrogen and oxygen atoms in total. The SMILES string of the molecule is Cl.N#Cc1cc(F)c(O)c([C@@H](N)c2cccs2)c1. The number of hydrogen-bond donors (Lipinski definition) is 2. The van der Waals surface area contributed by atoms with E-state index >= 15 is 0 Å². The predicted molar refractivity (Wildman–Crippen MR) is 70.4 cm³/mol. The largest absolute Gasteiger partial charge is 0.505 e. The number of phenolic OH excluding ortho intramolecular Hbond substituents is 1. The lowest BCUT2D eigenvalue weighted by atomic mass is 10.0. The second-order valence-electron chi connectivity index (χ2n) is 3.50. The second kappa shape index (κ2) is 5.83. The number of hydrogen-bond acceptors (Lipinski definition) is 4. The molecule has 0 spiro atoms. The Morgan fingerprint density at radius 3 is 2.72 bits per heavy atom. The normalized spacial score (nSPS) is 11.4. The number of halogens is 2. The van der Waals surface area contributed by atoms with Crippen molar-refractivity contribution in [3.05, 3.63) is 51.5 Å². The number of phenols is 1. The molecule has 0 saturated heterocycles. The molecular weight excluding hydrogens is 275 g/mol. The van der Waals surface area contributed by atoms with Crippen LogP contribution in [0.25, 0.3) is 0 Å². The average Bonchev–Trinajstić information content (AvgIpc) is 2.85. The summed E-state index contributed by atoms with van der Waals surface area (Å²) in [6, 6.07) is 7.22. The van der Waals surface area contributed by atoms with Gasteiger partial charge >= 0.3 is 0 Å². The van der Waals surface area contributed by atoms with E-state index in [4.69, 9.17) is 11.0 Å². The summed E-state index contributed by atoms with van der Waals surface area (Å²) in [6.45, 7) is 0. The number of benzene rings is 1. The van der Waals surface area contributed by atoms with Gasteiger partial charge in [-0.25, -0.2) is 4.39 Å². The number of aromatic hydroxyl groups is 1. The highest BCUT2D eigenvalue weighted by Crippen LogP contribution is 2.32. The van der Waals surface area contributed by atoms with Gasteiger partial charge in [0, 0.05) is 10.4 Å². The minimum atomic E-state index is -0.828. The molecule has 0 unspecified atom stereocenters. The molecule has 1 atom stereocenters. The van der Waals surface area contributed by atoms with E-state index in [1.807, 2.05) is 17.5 Å². The van der Waals surface area contributed by atoms with Gasteiger partial charge in [-0.3, -0.25) is 0 Å². The van der Waals surface area contributed by atoms with E-state index in [1.54, 1.807) is 6.07 Å². The highest BCUT2D eigenvalue weighted by molar-refractivity contribution is 7.10. The van der Waals surface area contributed by atoms with Crippen LogP contribution in [0, 0.1) is 17.1 Å². The monoisotopic (exact) mass is 284 g/mol. The Morgan fingerprint density at radius 2 is 2.17 bits per heavy atom. The van der Waals surface area contributed by atoms with Crippen molar-refractivity contribution in [2.75, 3.05) is 0 Å². The van der Waals surface area contributed by atoms with Gasteiger partial charge in [0.05, 0.1) is 17.7 Å². The Morgan fingerprint density at radius 1 is 1.44 bits per heavy atom. The van der Waals surface area contributed by atoms with Gasteiger partial charge in [0.1, 0.15) is 0 Å². The number of nitrogens with two attached hydrogens (primary N) is 1. The van der Waals surface area contributed by atoms with Crippen molar-refractivity contribution >= 4 is 23.7 Å². The quantitative estimate of drug-likeness (QED) is 0.891. The fourth-order valence-corrected chi connectivity index (χ4v) is 2.29. The predicted octanol–water partition coefficient (Wildman–Crippen LogP) is 2.93. The molecule has 1 heterocycles. The second-order valence-corrected chi connectivity index (χ2v) is 4.48. The minimum Gasteiger partial charge on any atom is -0.505 e. The Labute approximate surface area is 114 Å². The van der Waals surface area contributed by atoms with Crippen molar-refractivity contribution < 1.29 is 9.50 Å². The van der Waals surface area contributed by atoms with Crippen LogP contribution >= 0.6 is 23.7 Å². The summed E-state index contributed by atoms with van der Waals surface area (Å²) < 4.78 is 13.4. The van der Waals surface area contributed by atoms with E-state index in [-0.39, 0.29) is 23.5 Å². The Bertz CT molecular complexity index is 581. The van der Waals surface area contributed by atoms with Gasteiger partial charge in [0.2, 0.25) is 0 Å². The third-order valence-electron chi connectivity index (χ3n) is 2.41. The molecule has 18 heavy (non-hydrogen) atoms. The first-order valence-corrected chi connectivity index (χ1v) is 5.73. The van der Waals surface area contributed by atoms with Crippen molar-refractivity contribution in [3.63, 3.8) is 0 Å². The molecule has 0 saturated carbocycles. The average molecular weight is 285 g/mol. The summed E-state index contributed by atoms with van der Waals surface area (Å²) in [7, 11) is 0. The fraction of sp³-hybridized carbons (Fsp3) is 0.0833. The maximum atomic E-state index is 13.4. The molecule has 6 heteroatoms. The Hall–Kier alpha value is -1.61. The summed E-state index contributed by atoms with van der Waals surface area (Å²) in [5.74, 6) is -1.32. The smallest absolute Gasteiger partial charge is 0.166 e.